The van der Waals surface area contributed by atoms with E-state index in [2.05, 4.69) is 4.90 Å². The highest BCUT2D eigenvalue weighted by atomic mass is 35.5. The summed E-state index contributed by atoms with van der Waals surface area (Å²) in [4.78, 5) is 35.6. The highest BCUT2D eigenvalue weighted by molar-refractivity contribution is 8.20. The van der Waals surface area contributed by atoms with Crippen LogP contribution < -0.4 is 9.80 Å². The summed E-state index contributed by atoms with van der Waals surface area (Å²) in [5, 5.41) is 1.84. The van der Waals surface area contributed by atoms with E-state index >= 15 is 0 Å². The molecule has 1 saturated heterocycles. The predicted octanol–water partition coefficient (Wildman–Crippen LogP) is 7.22. The van der Waals surface area contributed by atoms with Crippen LogP contribution in [-0.2, 0) is 9.53 Å². The van der Waals surface area contributed by atoms with Crippen LogP contribution >= 0.6 is 35.1 Å². The lowest BCUT2D eigenvalue weighted by atomic mass is 10.2. The average Bonchev–Trinajstić information content (AvgIpc) is 3.41. The van der Waals surface area contributed by atoms with Gasteiger partial charge in [0.2, 0.25) is 0 Å². The molecular formula is C27H21ClFN3O3S2. The summed E-state index contributed by atoms with van der Waals surface area (Å²) in [7, 11) is 0. The molecule has 2 heterocycles. The summed E-state index contributed by atoms with van der Waals surface area (Å²) < 4.78 is 18.7. The number of amidine groups is 1. The molecule has 6 nitrogen and oxygen atoms in total. The second kappa shape index (κ2) is 10.6. The maximum absolute atomic E-state index is 13.8. The summed E-state index contributed by atoms with van der Waals surface area (Å²) in [6.07, 6.45) is 0. The van der Waals surface area contributed by atoms with Gasteiger partial charge in [0, 0.05) is 16.5 Å². The number of benzene rings is 3. The summed E-state index contributed by atoms with van der Waals surface area (Å²) in [5.74, 6) is -1.06. The van der Waals surface area contributed by atoms with Crippen molar-refractivity contribution < 1.29 is 18.7 Å². The number of amides is 1. The molecule has 188 valence electrons. The number of hydrogen-bond donors (Lipinski definition) is 0. The van der Waals surface area contributed by atoms with E-state index in [1.807, 2.05) is 25.1 Å². The minimum Gasteiger partial charge on any atom is -0.462 e. The van der Waals surface area contributed by atoms with Crippen molar-refractivity contribution in [3.05, 3.63) is 93.1 Å². The van der Waals surface area contributed by atoms with Crippen LogP contribution in [0.1, 0.15) is 24.2 Å². The van der Waals surface area contributed by atoms with Gasteiger partial charge in [-0.25, -0.2) is 14.2 Å². The van der Waals surface area contributed by atoms with Gasteiger partial charge in [0.1, 0.15) is 15.8 Å². The average molecular weight is 554 g/mol. The summed E-state index contributed by atoms with van der Waals surface area (Å²) in [5.41, 5.74) is 2.42. The fourth-order valence-electron chi connectivity index (χ4n) is 3.93. The maximum atomic E-state index is 13.8. The van der Waals surface area contributed by atoms with Crippen LogP contribution in [0.4, 0.5) is 21.5 Å². The molecule has 1 fully saturated rings. The molecule has 3 aromatic rings. The SMILES string of the molecule is CCOC(=O)c1ccc(N=C2S/C(=C3\Sc4ccc(Cl)cc4N3CC)C(=O)N2c2ccc(F)cc2)cc1. The van der Waals surface area contributed by atoms with Crippen molar-refractivity contribution in [3.63, 3.8) is 0 Å². The number of fused-ring (bicyclic) bond motifs is 1. The molecule has 0 radical (unpaired) electrons. The molecule has 0 N–H and O–H groups in total. The second-order valence-electron chi connectivity index (χ2n) is 7.97. The molecule has 1 amide bonds. The van der Waals surface area contributed by atoms with E-state index in [0.29, 0.717) is 38.6 Å². The molecular weight excluding hydrogens is 533 g/mol. The Morgan fingerprint density at radius 3 is 2.43 bits per heavy atom. The largest absolute Gasteiger partial charge is 0.462 e. The van der Waals surface area contributed by atoms with E-state index in [-0.39, 0.29) is 12.5 Å². The molecule has 2 aliphatic heterocycles. The lowest BCUT2D eigenvalue weighted by Crippen LogP contribution is -2.29. The maximum Gasteiger partial charge on any atom is 0.338 e. The molecule has 0 aliphatic carbocycles. The van der Waals surface area contributed by atoms with Crippen molar-refractivity contribution in [2.75, 3.05) is 23.0 Å². The summed E-state index contributed by atoms with van der Waals surface area (Å²) in [6, 6.07) is 18.0. The van der Waals surface area contributed by atoms with Crippen molar-refractivity contribution in [1.82, 2.24) is 0 Å². The number of halogens is 2. The topological polar surface area (TPSA) is 62.2 Å². The number of thioether (sulfide) groups is 2. The van der Waals surface area contributed by atoms with Crippen LogP contribution in [0.2, 0.25) is 5.02 Å². The zero-order chi connectivity index (χ0) is 26.1. The zero-order valence-electron chi connectivity index (χ0n) is 19.9. The van der Waals surface area contributed by atoms with Gasteiger partial charge in [-0.05, 0) is 92.3 Å². The molecule has 10 heteroatoms. The minimum atomic E-state index is -0.412. The molecule has 0 spiro atoms. The highest BCUT2D eigenvalue weighted by Gasteiger charge is 2.40. The number of rotatable bonds is 5. The normalized spacial score (nSPS) is 18.1. The standard InChI is InChI=1S/C27H21ClFN3O3S2/c1-3-31-21-15-17(28)7-14-22(21)36-25(31)23-24(33)32(20-12-8-18(29)9-13-20)27(37-23)30-19-10-5-16(6-11-19)26(34)35-4-2/h5-15H,3-4H2,1-2H3/b25-23-,30-27?. The monoisotopic (exact) mass is 553 g/mol. The number of nitrogens with zero attached hydrogens (tertiary/aromatic N) is 3. The van der Waals surface area contributed by atoms with Crippen LogP contribution in [0, 0.1) is 5.82 Å². The Labute approximate surface area is 227 Å². The van der Waals surface area contributed by atoms with Gasteiger partial charge in [0.25, 0.3) is 5.91 Å². The number of hydrogen-bond acceptors (Lipinski definition) is 7. The lowest BCUT2D eigenvalue weighted by molar-refractivity contribution is -0.113. The summed E-state index contributed by atoms with van der Waals surface area (Å²) in [6.45, 7) is 4.69. The van der Waals surface area contributed by atoms with E-state index in [4.69, 9.17) is 21.3 Å². The third-order valence-electron chi connectivity index (χ3n) is 5.64. The second-order valence-corrected chi connectivity index (χ2v) is 10.4. The lowest BCUT2D eigenvalue weighted by Gasteiger charge is -2.19. The highest BCUT2D eigenvalue weighted by Crippen LogP contribution is 2.51. The van der Waals surface area contributed by atoms with E-state index in [1.165, 1.54) is 40.6 Å². The van der Waals surface area contributed by atoms with E-state index in [1.54, 1.807) is 43.3 Å². The smallest absolute Gasteiger partial charge is 0.338 e. The first-order chi connectivity index (χ1) is 17.9. The molecule has 0 atom stereocenters. The van der Waals surface area contributed by atoms with Gasteiger partial charge in [0.05, 0.1) is 29.2 Å². The quantitative estimate of drug-likeness (QED) is 0.245. The Bertz CT molecular complexity index is 1440. The number of aliphatic imine (C=N–C) groups is 1. The van der Waals surface area contributed by atoms with Crippen LogP contribution in [0.15, 0.2) is 86.6 Å². The molecule has 0 saturated carbocycles. The van der Waals surface area contributed by atoms with E-state index < -0.39 is 11.8 Å². The fraction of sp³-hybridized carbons (Fsp3) is 0.148. The Kier molecular flexibility index (Phi) is 7.28. The molecule has 37 heavy (non-hydrogen) atoms. The first-order valence-corrected chi connectivity index (χ1v) is 13.5. The van der Waals surface area contributed by atoms with Crippen LogP contribution in [0.5, 0.6) is 0 Å². The van der Waals surface area contributed by atoms with Crippen molar-refractivity contribution in [1.29, 1.82) is 0 Å². The Morgan fingerprint density at radius 2 is 1.76 bits per heavy atom. The Balaban J connectivity index is 1.56. The minimum absolute atomic E-state index is 0.252. The number of carbonyl (C=O) groups is 2. The van der Waals surface area contributed by atoms with Gasteiger partial charge in [-0.2, -0.15) is 0 Å². The van der Waals surface area contributed by atoms with Crippen LogP contribution in [0.25, 0.3) is 0 Å². The number of ether oxygens (including phenoxy) is 1. The van der Waals surface area contributed by atoms with Gasteiger partial charge < -0.3 is 9.64 Å². The summed E-state index contributed by atoms with van der Waals surface area (Å²) >= 11 is 9.01. The zero-order valence-corrected chi connectivity index (χ0v) is 22.3. The van der Waals surface area contributed by atoms with Gasteiger partial charge in [-0.1, -0.05) is 23.4 Å². The Morgan fingerprint density at radius 1 is 1.03 bits per heavy atom. The molecule has 0 unspecified atom stereocenters. The fourth-order valence-corrected chi connectivity index (χ4v) is 6.47. The van der Waals surface area contributed by atoms with E-state index in [9.17, 15) is 14.0 Å². The first-order valence-electron chi connectivity index (χ1n) is 11.5. The van der Waals surface area contributed by atoms with Gasteiger partial charge >= 0.3 is 5.97 Å². The molecule has 0 bridgehead atoms. The molecule has 5 rings (SSSR count). The van der Waals surface area contributed by atoms with Crippen molar-refractivity contribution in [2.24, 2.45) is 4.99 Å². The van der Waals surface area contributed by atoms with Crippen LogP contribution in [-0.4, -0.2) is 30.2 Å². The van der Waals surface area contributed by atoms with Crippen LogP contribution in [0.3, 0.4) is 0 Å². The van der Waals surface area contributed by atoms with Gasteiger partial charge in [-0.3, -0.25) is 9.69 Å². The number of esters is 1. The van der Waals surface area contributed by atoms with Gasteiger partial charge in [-0.15, -0.1) is 0 Å². The van der Waals surface area contributed by atoms with E-state index in [0.717, 1.165) is 15.6 Å². The molecule has 3 aromatic carbocycles. The predicted molar refractivity (Wildman–Crippen MR) is 148 cm³/mol. The van der Waals surface area contributed by atoms with Crippen molar-refractivity contribution >= 4 is 69.2 Å². The molecule has 2 aliphatic rings. The third-order valence-corrected chi connectivity index (χ3v) is 8.22. The Hall–Kier alpha value is -3.27. The number of anilines is 2. The molecule has 0 aromatic heterocycles. The number of carbonyl (C=O) groups excluding carboxylic acids is 2. The third kappa shape index (κ3) is 4.99. The van der Waals surface area contributed by atoms with Crippen molar-refractivity contribution in [3.8, 4) is 0 Å². The van der Waals surface area contributed by atoms with Crippen molar-refractivity contribution in [2.45, 2.75) is 18.7 Å². The van der Waals surface area contributed by atoms with Gasteiger partial charge in [0.15, 0.2) is 5.17 Å². The first kappa shape index (κ1) is 25.4.